The van der Waals surface area contributed by atoms with Crippen molar-refractivity contribution >= 4 is 11.8 Å². The molecule has 1 aromatic heterocycles. The van der Waals surface area contributed by atoms with Crippen molar-refractivity contribution in [1.29, 1.82) is 0 Å². The molecular weight excluding hydrogens is 421 g/mol. The van der Waals surface area contributed by atoms with E-state index in [2.05, 4.69) is 31.2 Å². The van der Waals surface area contributed by atoms with E-state index in [1.54, 1.807) is 11.1 Å². The lowest BCUT2D eigenvalue weighted by Gasteiger charge is -2.30. The van der Waals surface area contributed by atoms with Crippen LogP contribution in [0, 0.1) is 5.82 Å². The molecule has 0 bridgehead atoms. The number of fused-ring (bicyclic) bond motifs is 1. The number of nitrogens with two attached hydrogens (primary N) is 1. The third kappa shape index (κ3) is 4.72. The summed E-state index contributed by atoms with van der Waals surface area (Å²) in [6.07, 6.45) is 4.00. The van der Waals surface area contributed by atoms with Gasteiger partial charge in [0, 0.05) is 31.4 Å². The predicted octanol–water partition coefficient (Wildman–Crippen LogP) is 3.16. The largest absolute Gasteiger partial charge is 0.365 e. The van der Waals surface area contributed by atoms with Gasteiger partial charge in [-0.25, -0.2) is 4.39 Å². The Kier molecular flexibility index (Phi) is 6.40. The summed E-state index contributed by atoms with van der Waals surface area (Å²) in [7, 11) is 0. The van der Waals surface area contributed by atoms with Gasteiger partial charge < -0.3 is 10.6 Å². The Hall–Kier alpha value is -3.74. The number of carbonyl (C=O) groups excluding carboxylic acids is 2. The summed E-state index contributed by atoms with van der Waals surface area (Å²) in [4.78, 5) is 39.7. The van der Waals surface area contributed by atoms with Crippen LogP contribution in [-0.2, 0) is 30.6 Å². The number of hydrogen-bond donors (Lipinski definition) is 1. The molecule has 0 atom stereocenters. The number of aryl methyl sites for hydroxylation is 2. The molecule has 0 fully saturated rings. The first kappa shape index (κ1) is 22.5. The molecule has 0 spiro atoms. The zero-order chi connectivity index (χ0) is 23.5. The molecule has 0 saturated carbocycles. The number of rotatable bonds is 6. The molecule has 6 nitrogen and oxygen atoms in total. The van der Waals surface area contributed by atoms with Gasteiger partial charge in [-0.15, -0.1) is 0 Å². The molecule has 0 aliphatic carbocycles. The van der Waals surface area contributed by atoms with E-state index in [0.29, 0.717) is 42.6 Å². The SMILES string of the molecule is CCc1ccc(CCC(=O)N2CCc3c(cn(-c4ccc(F)cc4)c(=O)c3C(N)=O)C2)cc1. The average molecular weight is 448 g/mol. The molecule has 3 aromatic rings. The minimum absolute atomic E-state index is 0.0142. The van der Waals surface area contributed by atoms with Crippen molar-refractivity contribution in [1.82, 2.24) is 9.47 Å². The van der Waals surface area contributed by atoms with Crippen LogP contribution in [0.15, 0.2) is 59.5 Å². The number of pyridine rings is 1. The van der Waals surface area contributed by atoms with E-state index in [1.807, 2.05) is 0 Å². The van der Waals surface area contributed by atoms with Gasteiger partial charge in [-0.05, 0) is 65.8 Å². The van der Waals surface area contributed by atoms with Crippen molar-refractivity contribution in [2.75, 3.05) is 6.54 Å². The minimum atomic E-state index is -0.803. The Morgan fingerprint density at radius 3 is 2.33 bits per heavy atom. The highest BCUT2D eigenvalue weighted by Gasteiger charge is 2.27. The third-order valence-corrected chi connectivity index (χ3v) is 6.16. The quantitative estimate of drug-likeness (QED) is 0.630. The van der Waals surface area contributed by atoms with Crippen molar-refractivity contribution in [2.45, 2.75) is 39.2 Å². The number of nitrogens with zero attached hydrogens (tertiary/aromatic N) is 2. The molecule has 0 radical (unpaired) electrons. The first-order valence-electron chi connectivity index (χ1n) is 11.1. The number of primary amides is 1. The van der Waals surface area contributed by atoms with Gasteiger partial charge in [-0.3, -0.25) is 19.0 Å². The van der Waals surface area contributed by atoms with Crippen LogP contribution < -0.4 is 11.3 Å². The predicted molar refractivity (Wildman–Crippen MR) is 124 cm³/mol. The van der Waals surface area contributed by atoms with Crippen LogP contribution in [0.1, 0.15) is 46.0 Å². The van der Waals surface area contributed by atoms with E-state index in [1.165, 1.54) is 34.4 Å². The normalized spacial score (nSPS) is 13.0. The van der Waals surface area contributed by atoms with E-state index >= 15 is 0 Å². The lowest BCUT2D eigenvalue weighted by atomic mass is 9.95. The van der Waals surface area contributed by atoms with Crippen LogP contribution in [-0.4, -0.2) is 27.8 Å². The van der Waals surface area contributed by atoms with Crippen molar-refractivity contribution in [3.8, 4) is 5.69 Å². The van der Waals surface area contributed by atoms with Crippen LogP contribution in [0.2, 0.25) is 0 Å². The van der Waals surface area contributed by atoms with E-state index < -0.39 is 17.3 Å². The maximum atomic E-state index is 13.4. The third-order valence-electron chi connectivity index (χ3n) is 6.16. The average Bonchev–Trinajstić information content (AvgIpc) is 2.82. The Morgan fingerprint density at radius 1 is 1.03 bits per heavy atom. The number of aromatic nitrogens is 1. The van der Waals surface area contributed by atoms with E-state index in [9.17, 15) is 18.8 Å². The van der Waals surface area contributed by atoms with Gasteiger partial charge >= 0.3 is 0 Å². The fourth-order valence-electron chi connectivity index (χ4n) is 4.27. The summed E-state index contributed by atoms with van der Waals surface area (Å²) in [5.74, 6) is -1.22. The Labute approximate surface area is 191 Å². The second kappa shape index (κ2) is 9.40. The Bertz CT molecular complexity index is 1250. The Balaban J connectivity index is 1.57. The van der Waals surface area contributed by atoms with Crippen molar-refractivity contribution in [3.05, 3.63) is 98.7 Å². The summed E-state index contributed by atoms with van der Waals surface area (Å²) in [5, 5.41) is 0. The maximum absolute atomic E-state index is 13.4. The van der Waals surface area contributed by atoms with Crippen LogP contribution in [0.4, 0.5) is 4.39 Å². The summed E-state index contributed by atoms with van der Waals surface area (Å²) in [6, 6.07) is 13.7. The summed E-state index contributed by atoms with van der Waals surface area (Å²) in [5.41, 5.74) is 9.01. The lowest BCUT2D eigenvalue weighted by Crippen LogP contribution is -2.40. The number of benzene rings is 2. The molecule has 0 saturated heterocycles. The van der Waals surface area contributed by atoms with E-state index in [-0.39, 0.29) is 18.0 Å². The zero-order valence-corrected chi connectivity index (χ0v) is 18.5. The monoisotopic (exact) mass is 447 g/mol. The molecule has 2 aromatic carbocycles. The smallest absolute Gasteiger partial charge is 0.268 e. The second-order valence-corrected chi connectivity index (χ2v) is 8.26. The highest BCUT2D eigenvalue weighted by Crippen LogP contribution is 2.23. The molecule has 2 heterocycles. The first-order chi connectivity index (χ1) is 15.9. The zero-order valence-electron chi connectivity index (χ0n) is 18.5. The van der Waals surface area contributed by atoms with Crippen molar-refractivity contribution in [3.63, 3.8) is 0 Å². The number of hydrogen-bond acceptors (Lipinski definition) is 3. The minimum Gasteiger partial charge on any atom is -0.365 e. The van der Waals surface area contributed by atoms with Crippen LogP contribution in [0.3, 0.4) is 0 Å². The fourth-order valence-corrected chi connectivity index (χ4v) is 4.27. The van der Waals surface area contributed by atoms with E-state index in [4.69, 9.17) is 5.73 Å². The van der Waals surface area contributed by atoms with E-state index in [0.717, 1.165) is 12.0 Å². The van der Waals surface area contributed by atoms with Gasteiger partial charge in [-0.2, -0.15) is 0 Å². The number of carbonyl (C=O) groups is 2. The lowest BCUT2D eigenvalue weighted by molar-refractivity contribution is -0.132. The second-order valence-electron chi connectivity index (χ2n) is 8.26. The molecule has 4 rings (SSSR count). The van der Waals surface area contributed by atoms with Crippen molar-refractivity contribution < 1.29 is 14.0 Å². The van der Waals surface area contributed by atoms with Crippen LogP contribution >= 0.6 is 0 Å². The van der Waals surface area contributed by atoms with Gasteiger partial charge in [0.15, 0.2) is 0 Å². The van der Waals surface area contributed by atoms with Crippen LogP contribution in [0.25, 0.3) is 5.69 Å². The van der Waals surface area contributed by atoms with Crippen molar-refractivity contribution in [2.24, 2.45) is 5.73 Å². The van der Waals surface area contributed by atoms with Crippen LogP contribution in [0.5, 0.6) is 0 Å². The molecule has 7 heteroatoms. The van der Waals surface area contributed by atoms with Gasteiger partial charge in [0.25, 0.3) is 11.5 Å². The molecule has 2 N–H and O–H groups in total. The number of halogens is 1. The highest BCUT2D eigenvalue weighted by atomic mass is 19.1. The molecule has 0 unspecified atom stereocenters. The van der Waals surface area contributed by atoms with Gasteiger partial charge in [0.2, 0.25) is 5.91 Å². The summed E-state index contributed by atoms with van der Waals surface area (Å²) < 4.78 is 14.6. The molecule has 170 valence electrons. The standard InChI is InChI=1S/C26H26FN3O3/c1-2-17-3-5-18(6-4-17)7-12-23(31)29-14-13-22-19(15-29)16-30(26(33)24(22)25(28)32)21-10-8-20(27)9-11-21/h3-6,8-11,16H,2,7,12-15H2,1H3,(H2,28,32). The number of amides is 2. The topological polar surface area (TPSA) is 85.4 Å². The molecular formula is C26H26FN3O3. The molecule has 1 aliphatic rings. The molecule has 2 amide bonds. The Morgan fingerprint density at radius 2 is 1.70 bits per heavy atom. The first-order valence-corrected chi connectivity index (χ1v) is 11.1. The van der Waals surface area contributed by atoms with Gasteiger partial charge in [0.1, 0.15) is 11.4 Å². The summed E-state index contributed by atoms with van der Waals surface area (Å²) in [6.45, 7) is 2.80. The van der Waals surface area contributed by atoms with Gasteiger partial charge in [-0.1, -0.05) is 31.2 Å². The fraction of sp³-hybridized carbons (Fsp3) is 0.269. The maximum Gasteiger partial charge on any atom is 0.268 e. The molecule has 1 aliphatic heterocycles. The van der Waals surface area contributed by atoms with Gasteiger partial charge in [0.05, 0.1) is 0 Å². The highest BCUT2D eigenvalue weighted by molar-refractivity contribution is 5.94. The molecule has 33 heavy (non-hydrogen) atoms. The summed E-state index contributed by atoms with van der Waals surface area (Å²) >= 11 is 0.